The lowest BCUT2D eigenvalue weighted by molar-refractivity contribution is 0.505. The van der Waals surface area contributed by atoms with Crippen molar-refractivity contribution in [2.45, 2.75) is 12.2 Å². The van der Waals surface area contributed by atoms with Crippen LogP contribution < -0.4 is 0 Å². The first kappa shape index (κ1) is 8.31. The van der Waals surface area contributed by atoms with Crippen LogP contribution in [0.5, 0.6) is 0 Å². The summed E-state index contributed by atoms with van der Waals surface area (Å²) < 4.78 is 28.3. The highest BCUT2D eigenvalue weighted by atomic mass is 79.9. The summed E-state index contributed by atoms with van der Waals surface area (Å²) in [6, 6.07) is 0. The van der Waals surface area contributed by atoms with Gasteiger partial charge in [-0.2, -0.15) is 0 Å². The van der Waals surface area contributed by atoms with Crippen LogP contribution in [-0.2, 0) is 22.0 Å². The molecule has 0 bridgehead atoms. The number of hydrogen-bond acceptors (Lipinski definition) is 3. The van der Waals surface area contributed by atoms with Gasteiger partial charge in [0.1, 0.15) is 12.0 Å². The van der Waals surface area contributed by atoms with Crippen molar-refractivity contribution in [1.29, 1.82) is 0 Å². The Balaban J connectivity index is 2.52. The van der Waals surface area contributed by atoms with Crippen molar-refractivity contribution in [3.8, 4) is 0 Å². The molecule has 0 aliphatic carbocycles. The fraction of sp³-hybridized carbons (Fsp3) is 0.429. The molecule has 1 aromatic rings. The van der Waals surface area contributed by atoms with Crippen molar-refractivity contribution in [2.24, 2.45) is 0 Å². The standard InChI is InChI=1S/C7H7BrO3S/c8-6-3-11-7-1-2-12(9,10)4-5(6)7/h3H,1-2,4H2. The molecule has 2 heterocycles. The minimum absolute atomic E-state index is 0.111. The average Bonchev–Trinajstić information content (AvgIpc) is 2.31. The lowest BCUT2D eigenvalue weighted by atomic mass is 10.2. The topological polar surface area (TPSA) is 47.3 Å². The van der Waals surface area contributed by atoms with E-state index in [2.05, 4.69) is 15.9 Å². The maximum Gasteiger partial charge on any atom is 0.155 e. The lowest BCUT2D eigenvalue weighted by Gasteiger charge is -2.10. The zero-order valence-electron chi connectivity index (χ0n) is 6.21. The summed E-state index contributed by atoms with van der Waals surface area (Å²) in [4.78, 5) is 0. The van der Waals surface area contributed by atoms with Gasteiger partial charge in [0.2, 0.25) is 0 Å². The number of rotatable bonds is 0. The Morgan fingerprint density at radius 3 is 3.00 bits per heavy atom. The van der Waals surface area contributed by atoms with Gasteiger partial charge in [-0.15, -0.1) is 0 Å². The predicted octanol–water partition coefficient (Wildman–Crippen LogP) is 1.51. The minimum Gasteiger partial charge on any atom is -0.468 e. The summed E-state index contributed by atoms with van der Waals surface area (Å²) in [5.74, 6) is 1.12. The highest BCUT2D eigenvalue weighted by Gasteiger charge is 2.25. The van der Waals surface area contributed by atoms with E-state index in [4.69, 9.17) is 4.42 Å². The normalized spacial score (nSPS) is 20.4. The Morgan fingerprint density at radius 2 is 2.25 bits per heavy atom. The first-order chi connectivity index (χ1) is 5.58. The van der Waals surface area contributed by atoms with E-state index in [9.17, 15) is 8.42 Å². The Kier molecular flexibility index (Phi) is 1.80. The fourth-order valence-electron chi connectivity index (χ4n) is 1.30. The van der Waals surface area contributed by atoms with Crippen LogP contribution in [0.3, 0.4) is 0 Å². The van der Waals surface area contributed by atoms with Crippen LogP contribution in [0.4, 0.5) is 0 Å². The third-order valence-electron chi connectivity index (χ3n) is 1.93. The SMILES string of the molecule is O=S1(=O)CCc2occ(Br)c2C1. The van der Waals surface area contributed by atoms with Gasteiger partial charge in [-0.05, 0) is 15.9 Å². The predicted molar refractivity (Wildman–Crippen MR) is 47.6 cm³/mol. The summed E-state index contributed by atoms with van der Waals surface area (Å²) in [5, 5.41) is 0. The monoisotopic (exact) mass is 250 g/mol. The number of hydrogen-bond donors (Lipinski definition) is 0. The Bertz CT molecular complexity index is 404. The van der Waals surface area contributed by atoms with Crippen LogP contribution in [0.2, 0.25) is 0 Å². The number of furan rings is 1. The van der Waals surface area contributed by atoms with E-state index in [0.29, 0.717) is 6.42 Å². The molecule has 3 nitrogen and oxygen atoms in total. The van der Waals surface area contributed by atoms with Crippen molar-refractivity contribution in [3.63, 3.8) is 0 Å². The van der Waals surface area contributed by atoms with Gasteiger partial charge in [-0.3, -0.25) is 0 Å². The first-order valence-electron chi connectivity index (χ1n) is 3.54. The molecule has 2 rings (SSSR count). The molecule has 12 heavy (non-hydrogen) atoms. The van der Waals surface area contributed by atoms with Crippen LogP contribution in [0.15, 0.2) is 15.2 Å². The van der Waals surface area contributed by atoms with Crippen LogP contribution in [-0.4, -0.2) is 14.2 Å². The third-order valence-corrected chi connectivity index (χ3v) is 4.15. The molecule has 5 heteroatoms. The average molecular weight is 251 g/mol. The van der Waals surface area contributed by atoms with Crippen LogP contribution in [0.25, 0.3) is 0 Å². The Labute approximate surface area is 78.8 Å². The Morgan fingerprint density at radius 1 is 1.50 bits per heavy atom. The molecule has 0 unspecified atom stereocenters. The molecule has 0 N–H and O–H groups in total. The lowest BCUT2D eigenvalue weighted by Crippen LogP contribution is -2.17. The number of aryl methyl sites for hydroxylation is 1. The van der Waals surface area contributed by atoms with E-state index in [0.717, 1.165) is 15.8 Å². The molecule has 1 aromatic heterocycles. The third kappa shape index (κ3) is 1.31. The minimum atomic E-state index is -2.88. The van der Waals surface area contributed by atoms with E-state index in [1.807, 2.05) is 0 Å². The fourth-order valence-corrected chi connectivity index (χ4v) is 3.34. The molecule has 66 valence electrons. The molecule has 0 amide bonds. The number of halogens is 1. The summed E-state index contributed by atoms with van der Waals surface area (Å²) in [6.45, 7) is 0. The second kappa shape index (κ2) is 2.60. The van der Waals surface area contributed by atoms with Gasteiger partial charge in [0.05, 0.1) is 16.0 Å². The second-order valence-corrected chi connectivity index (χ2v) is 5.87. The Hall–Kier alpha value is -0.290. The molecule has 0 radical (unpaired) electrons. The molecular weight excluding hydrogens is 244 g/mol. The van der Waals surface area contributed by atoms with Gasteiger partial charge >= 0.3 is 0 Å². The summed E-state index contributed by atoms with van der Waals surface area (Å²) in [6.07, 6.45) is 2.05. The molecule has 0 fully saturated rings. The molecule has 0 spiro atoms. The van der Waals surface area contributed by atoms with E-state index in [1.54, 1.807) is 6.26 Å². The second-order valence-electron chi connectivity index (χ2n) is 2.83. The molecule has 0 atom stereocenters. The van der Waals surface area contributed by atoms with Gasteiger partial charge in [-0.1, -0.05) is 0 Å². The summed E-state index contributed by atoms with van der Waals surface area (Å²) in [7, 11) is -2.88. The van der Waals surface area contributed by atoms with Crippen molar-refractivity contribution in [2.75, 3.05) is 5.75 Å². The van der Waals surface area contributed by atoms with Crippen LogP contribution >= 0.6 is 15.9 Å². The maximum atomic E-state index is 11.2. The van der Waals surface area contributed by atoms with Crippen molar-refractivity contribution in [3.05, 3.63) is 22.1 Å². The zero-order valence-corrected chi connectivity index (χ0v) is 8.61. The van der Waals surface area contributed by atoms with Crippen molar-refractivity contribution >= 4 is 25.8 Å². The molecule has 0 saturated carbocycles. The van der Waals surface area contributed by atoms with Crippen molar-refractivity contribution < 1.29 is 12.8 Å². The molecule has 0 saturated heterocycles. The quantitative estimate of drug-likeness (QED) is 0.702. The van der Waals surface area contributed by atoms with Crippen LogP contribution in [0.1, 0.15) is 11.3 Å². The van der Waals surface area contributed by atoms with E-state index in [-0.39, 0.29) is 11.5 Å². The van der Waals surface area contributed by atoms with E-state index in [1.165, 1.54) is 0 Å². The highest BCUT2D eigenvalue weighted by Crippen LogP contribution is 2.29. The molecule has 0 aromatic carbocycles. The summed E-state index contributed by atoms with van der Waals surface area (Å²) in [5.41, 5.74) is 0.793. The van der Waals surface area contributed by atoms with Gasteiger partial charge < -0.3 is 4.42 Å². The van der Waals surface area contributed by atoms with Gasteiger partial charge in [0, 0.05) is 12.0 Å². The maximum absolute atomic E-state index is 11.2. The molecule has 1 aliphatic rings. The first-order valence-corrected chi connectivity index (χ1v) is 6.15. The van der Waals surface area contributed by atoms with Gasteiger partial charge in [0.15, 0.2) is 9.84 Å². The van der Waals surface area contributed by atoms with Gasteiger partial charge in [0.25, 0.3) is 0 Å². The number of sulfone groups is 1. The van der Waals surface area contributed by atoms with Crippen molar-refractivity contribution in [1.82, 2.24) is 0 Å². The number of fused-ring (bicyclic) bond motifs is 1. The van der Waals surface area contributed by atoms with Gasteiger partial charge in [-0.25, -0.2) is 8.42 Å². The molecular formula is C7H7BrO3S. The highest BCUT2D eigenvalue weighted by molar-refractivity contribution is 9.10. The smallest absolute Gasteiger partial charge is 0.155 e. The van der Waals surface area contributed by atoms with E-state index < -0.39 is 9.84 Å². The largest absolute Gasteiger partial charge is 0.468 e. The zero-order chi connectivity index (χ0) is 8.77. The summed E-state index contributed by atoms with van der Waals surface area (Å²) >= 11 is 3.25. The molecule has 1 aliphatic heterocycles. The van der Waals surface area contributed by atoms with Crippen LogP contribution in [0, 0.1) is 0 Å². The van der Waals surface area contributed by atoms with E-state index >= 15 is 0 Å².